The van der Waals surface area contributed by atoms with Crippen molar-refractivity contribution in [1.82, 2.24) is 4.98 Å². The Labute approximate surface area is 107 Å². The van der Waals surface area contributed by atoms with Gasteiger partial charge in [-0.15, -0.1) is 0 Å². The smallest absolute Gasteiger partial charge is 0.139 e. The van der Waals surface area contributed by atoms with Gasteiger partial charge in [-0.2, -0.15) is 0 Å². The number of amidine groups is 1. The van der Waals surface area contributed by atoms with E-state index in [2.05, 4.69) is 9.88 Å². The van der Waals surface area contributed by atoms with Crippen LogP contribution in [0.2, 0.25) is 0 Å². The molecule has 0 spiro atoms. The van der Waals surface area contributed by atoms with E-state index in [9.17, 15) is 0 Å². The van der Waals surface area contributed by atoms with Gasteiger partial charge in [0.2, 0.25) is 0 Å². The number of anilines is 1. The van der Waals surface area contributed by atoms with Crippen molar-refractivity contribution in [2.45, 2.75) is 19.8 Å². The molecule has 1 aromatic heterocycles. The molecule has 0 amide bonds. The first-order chi connectivity index (χ1) is 8.63. The van der Waals surface area contributed by atoms with Crippen LogP contribution in [-0.4, -0.2) is 35.6 Å². The molecule has 0 radical (unpaired) electrons. The monoisotopic (exact) mass is 248 g/mol. The second-order valence-electron chi connectivity index (χ2n) is 4.85. The summed E-state index contributed by atoms with van der Waals surface area (Å²) in [4.78, 5) is 6.55. The van der Waals surface area contributed by atoms with Crippen LogP contribution in [0.5, 0.6) is 0 Å². The van der Waals surface area contributed by atoms with E-state index < -0.39 is 0 Å². The molecule has 1 aliphatic heterocycles. The number of aliphatic hydroxyl groups is 1. The molecule has 18 heavy (non-hydrogen) atoms. The number of rotatable bonds is 4. The second-order valence-corrected chi connectivity index (χ2v) is 4.85. The summed E-state index contributed by atoms with van der Waals surface area (Å²) in [5.74, 6) is 1.39. The number of nitrogens with zero attached hydrogens (tertiary/aromatic N) is 2. The SMILES string of the molecule is Cc1ccnc(N2CCC(CCO)C2)c1C(=N)N. The average Bonchev–Trinajstić information content (AvgIpc) is 2.77. The Morgan fingerprint density at radius 3 is 3.11 bits per heavy atom. The van der Waals surface area contributed by atoms with Crippen LogP contribution in [0, 0.1) is 18.3 Å². The van der Waals surface area contributed by atoms with E-state index in [-0.39, 0.29) is 12.4 Å². The molecule has 0 saturated carbocycles. The van der Waals surface area contributed by atoms with Gasteiger partial charge in [-0.1, -0.05) is 0 Å². The second kappa shape index (κ2) is 5.35. The van der Waals surface area contributed by atoms with Crippen molar-refractivity contribution in [3.8, 4) is 0 Å². The van der Waals surface area contributed by atoms with Crippen LogP contribution in [0.25, 0.3) is 0 Å². The molecule has 98 valence electrons. The zero-order chi connectivity index (χ0) is 13.1. The van der Waals surface area contributed by atoms with Crippen molar-refractivity contribution in [2.75, 3.05) is 24.6 Å². The Hall–Kier alpha value is -1.62. The third kappa shape index (κ3) is 2.46. The molecular formula is C13H20N4O. The first-order valence-corrected chi connectivity index (χ1v) is 6.29. The number of aryl methyl sites for hydroxylation is 1. The van der Waals surface area contributed by atoms with Crippen molar-refractivity contribution in [3.05, 3.63) is 23.4 Å². The van der Waals surface area contributed by atoms with E-state index >= 15 is 0 Å². The van der Waals surface area contributed by atoms with Crippen molar-refractivity contribution in [2.24, 2.45) is 11.7 Å². The highest BCUT2D eigenvalue weighted by molar-refractivity contribution is 6.01. The predicted octanol–water partition coefficient (Wildman–Crippen LogP) is 0.883. The van der Waals surface area contributed by atoms with Gasteiger partial charge in [0.25, 0.3) is 0 Å². The average molecular weight is 248 g/mol. The predicted molar refractivity (Wildman–Crippen MR) is 72.0 cm³/mol. The third-order valence-corrected chi connectivity index (χ3v) is 3.53. The number of hydrogen-bond donors (Lipinski definition) is 3. The van der Waals surface area contributed by atoms with E-state index in [0.29, 0.717) is 5.92 Å². The highest BCUT2D eigenvalue weighted by atomic mass is 16.3. The summed E-state index contributed by atoms with van der Waals surface area (Å²) < 4.78 is 0. The number of aromatic nitrogens is 1. The van der Waals surface area contributed by atoms with Gasteiger partial charge in [0.05, 0.1) is 5.56 Å². The number of nitrogens with two attached hydrogens (primary N) is 1. The molecule has 1 atom stereocenters. The summed E-state index contributed by atoms with van der Waals surface area (Å²) >= 11 is 0. The normalized spacial score (nSPS) is 19.2. The topological polar surface area (TPSA) is 86.2 Å². The molecule has 2 rings (SSSR count). The summed E-state index contributed by atoms with van der Waals surface area (Å²) in [6, 6.07) is 1.88. The highest BCUT2D eigenvalue weighted by Gasteiger charge is 2.25. The standard InChI is InChI=1S/C13H20N4O/c1-9-2-5-16-13(11(9)12(14)15)17-6-3-10(8-17)4-7-18/h2,5,10,18H,3-4,6-8H2,1H3,(H3,14,15). The Bertz CT molecular complexity index is 447. The lowest BCUT2D eigenvalue weighted by atomic mass is 10.1. The van der Waals surface area contributed by atoms with Crippen molar-refractivity contribution >= 4 is 11.7 Å². The lowest BCUT2D eigenvalue weighted by molar-refractivity contribution is 0.263. The van der Waals surface area contributed by atoms with E-state index in [4.69, 9.17) is 16.2 Å². The fourth-order valence-corrected chi connectivity index (χ4v) is 2.56. The van der Waals surface area contributed by atoms with Gasteiger partial charge < -0.3 is 15.7 Å². The van der Waals surface area contributed by atoms with Gasteiger partial charge in [-0.05, 0) is 37.3 Å². The minimum absolute atomic E-state index is 0.0706. The maximum Gasteiger partial charge on any atom is 0.139 e. The van der Waals surface area contributed by atoms with Crippen LogP contribution in [-0.2, 0) is 0 Å². The minimum Gasteiger partial charge on any atom is -0.396 e. The molecule has 0 bridgehead atoms. The van der Waals surface area contributed by atoms with E-state index in [1.54, 1.807) is 6.20 Å². The van der Waals surface area contributed by atoms with Gasteiger partial charge in [0.1, 0.15) is 11.7 Å². The van der Waals surface area contributed by atoms with Crippen molar-refractivity contribution < 1.29 is 5.11 Å². The molecule has 1 aliphatic rings. The minimum atomic E-state index is 0.0706. The molecule has 1 unspecified atom stereocenters. The fourth-order valence-electron chi connectivity index (χ4n) is 2.56. The zero-order valence-electron chi connectivity index (χ0n) is 10.7. The molecule has 1 saturated heterocycles. The van der Waals surface area contributed by atoms with E-state index in [1.165, 1.54) is 0 Å². The first kappa shape index (κ1) is 12.8. The van der Waals surface area contributed by atoms with Crippen LogP contribution in [0.1, 0.15) is 24.0 Å². The number of nitrogen functional groups attached to an aromatic ring is 1. The number of nitrogens with one attached hydrogen (secondary N) is 1. The highest BCUT2D eigenvalue weighted by Crippen LogP contribution is 2.27. The van der Waals surface area contributed by atoms with E-state index in [1.807, 2.05) is 13.0 Å². The molecule has 1 aromatic rings. The zero-order valence-corrected chi connectivity index (χ0v) is 10.7. The molecular weight excluding hydrogens is 228 g/mol. The van der Waals surface area contributed by atoms with Gasteiger partial charge in [-0.25, -0.2) is 4.98 Å². The van der Waals surface area contributed by atoms with Crippen LogP contribution in [0.3, 0.4) is 0 Å². The Morgan fingerprint density at radius 2 is 2.44 bits per heavy atom. The summed E-state index contributed by atoms with van der Waals surface area (Å²) in [6.07, 6.45) is 3.65. The fraction of sp³-hybridized carbons (Fsp3) is 0.538. The maximum atomic E-state index is 8.98. The summed E-state index contributed by atoms with van der Waals surface area (Å²) in [5, 5.41) is 16.7. The van der Waals surface area contributed by atoms with Crippen molar-refractivity contribution in [3.63, 3.8) is 0 Å². The van der Waals surface area contributed by atoms with Crippen LogP contribution in [0.15, 0.2) is 12.3 Å². The lowest BCUT2D eigenvalue weighted by Gasteiger charge is -2.21. The van der Waals surface area contributed by atoms with Gasteiger partial charge in [0, 0.05) is 25.9 Å². The van der Waals surface area contributed by atoms with Gasteiger partial charge in [-0.3, -0.25) is 5.41 Å². The van der Waals surface area contributed by atoms with Gasteiger partial charge in [0.15, 0.2) is 0 Å². The molecule has 5 heteroatoms. The third-order valence-electron chi connectivity index (χ3n) is 3.53. The molecule has 4 N–H and O–H groups in total. The number of hydrogen-bond acceptors (Lipinski definition) is 4. The van der Waals surface area contributed by atoms with Crippen LogP contribution < -0.4 is 10.6 Å². The Kier molecular flexibility index (Phi) is 3.81. The van der Waals surface area contributed by atoms with E-state index in [0.717, 1.165) is 42.9 Å². The maximum absolute atomic E-state index is 8.98. The summed E-state index contributed by atoms with van der Waals surface area (Å²) in [7, 11) is 0. The molecule has 1 fully saturated rings. The van der Waals surface area contributed by atoms with Crippen LogP contribution in [0.4, 0.5) is 5.82 Å². The lowest BCUT2D eigenvalue weighted by Crippen LogP contribution is -2.26. The quantitative estimate of drug-likeness (QED) is 0.545. The van der Waals surface area contributed by atoms with Crippen molar-refractivity contribution in [1.29, 1.82) is 5.41 Å². The number of aliphatic hydroxyl groups excluding tert-OH is 1. The molecule has 2 heterocycles. The summed E-state index contributed by atoms with van der Waals surface area (Å²) in [6.45, 7) is 3.99. The summed E-state index contributed by atoms with van der Waals surface area (Å²) in [5.41, 5.74) is 7.38. The Balaban J connectivity index is 2.24. The molecule has 0 aromatic carbocycles. The molecule has 0 aliphatic carbocycles. The number of pyridine rings is 1. The first-order valence-electron chi connectivity index (χ1n) is 6.29. The van der Waals surface area contributed by atoms with Crippen LogP contribution >= 0.6 is 0 Å². The molecule has 5 nitrogen and oxygen atoms in total. The Morgan fingerprint density at radius 1 is 1.67 bits per heavy atom. The largest absolute Gasteiger partial charge is 0.396 e. The van der Waals surface area contributed by atoms with Gasteiger partial charge >= 0.3 is 0 Å².